The van der Waals surface area contributed by atoms with E-state index in [1.807, 2.05) is 24.3 Å². The molecule has 0 spiro atoms. The molecule has 2 rings (SSSR count). The smallest absolute Gasteiger partial charge is 0.166 e. The maximum Gasteiger partial charge on any atom is 0.166 e. The molecule has 0 unspecified atom stereocenters. The van der Waals surface area contributed by atoms with Gasteiger partial charge in [0.15, 0.2) is 10.2 Å². The molecule has 12 heteroatoms. The Kier molecular flexibility index (Phi) is 15.3. The van der Waals surface area contributed by atoms with Crippen LogP contribution in [-0.2, 0) is 11.5 Å². The highest BCUT2D eigenvalue weighted by atomic mass is 32.2. The molecule has 0 aliphatic carbocycles. The third kappa shape index (κ3) is 12.5. The Balaban J connectivity index is 1.41. The van der Waals surface area contributed by atoms with Crippen LogP contribution in [0.4, 0.5) is 0 Å². The lowest BCUT2D eigenvalue weighted by Crippen LogP contribution is -2.40. The van der Waals surface area contributed by atoms with E-state index in [4.69, 9.17) is 33.9 Å². The predicted molar refractivity (Wildman–Crippen MR) is 156 cm³/mol. The number of rotatable bonds is 16. The molecule has 0 radical (unpaired) electrons. The van der Waals surface area contributed by atoms with Crippen LogP contribution in [0, 0.1) is 0 Å². The maximum absolute atomic E-state index is 5.33. The van der Waals surface area contributed by atoms with Crippen molar-refractivity contribution in [3.8, 4) is 11.5 Å². The molecule has 0 saturated heterocycles. The molecule has 0 atom stereocenters. The Morgan fingerprint density at radius 3 is 1.60 bits per heavy atom. The number of nitrogens with zero attached hydrogens (tertiary/aromatic N) is 2. The highest BCUT2D eigenvalue weighted by Crippen LogP contribution is 2.20. The zero-order chi connectivity index (χ0) is 25.1. The number of pyridine rings is 2. The lowest BCUT2D eigenvalue weighted by Gasteiger charge is -2.12. The first-order valence-electron chi connectivity index (χ1n) is 11.3. The van der Waals surface area contributed by atoms with Crippen LogP contribution in [0.25, 0.3) is 0 Å². The van der Waals surface area contributed by atoms with E-state index in [0.29, 0.717) is 10.2 Å². The molecule has 0 bridgehead atoms. The second kappa shape index (κ2) is 18.3. The summed E-state index contributed by atoms with van der Waals surface area (Å²) in [5.41, 5.74) is 1.93. The number of methoxy groups -OCH3 is 2. The van der Waals surface area contributed by atoms with E-state index in [-0.39, 0.29) is 0 Å². The van der Waals surface area contributed by atoms with Crippen molar-refractivity contribution in [1.82, 2.24) is 31.2 Å². The highest BCUT2D eigenvalue weighted by Gasteiger charge is 2.04. The van der Waals surface area contributed by atoms with Gasteiger partial charge in [0.2, 0.25) is 0 Å². The minimum atomic E-state index is 0.670. The van der Waals surface area contributed by atoms with Gasteiger partial charge in [0.25, 0.3) is 0 Å². The van der Waals surface area contributed by atoms with Crippen molar-refractivity contribution in [3.05, 3.63) is 48.0 Å². The van der Waals surface area contributed by atoms with Crippen LogP contribution in [0.15, 0.2) is 36.7 Å². The summed E-state index contributed by atoms with van der Waals surface area (Å²) in [6, 6.07) is 7.61. The minimum absolute atomic E-state index is 0.670. The van der Waals surface area contributed by atoms with E-state index in [1.54, 1.807) is 50.1 Å². The van der Waals surface area contributed by atoms with Crippen LogP contribution in [0.2, 0.25) is 0 Å². The lowest BCUT2D eigenvalue weighted by molar-refractivity contribution is 0.409. The number of ether oxygens (including phenoxy) is 2. The third-order valence-electron chi connectivity index (χ3n) is 4.60. The van der Waals surface area contributed by atoms with Crippen LogP contribution in [0.1, 0.15) is 17.8 Å². The van der Waals surface area contributed by atoms with Crippen molar-refractivity contribution >= 4 is 58.2 Å². The molecule has 192 valence electrons. The molecule has 0 aliphatic heterocycles. The van der Waals surface area contributed by atoms with Crippen LogP contribution in [0.5, 0.6) is 11.5 Å². The Bertz CT molecular complexity index is 834. The van der Waals surface area contributed by atoms with Crippen LogP contribution in [0.3, 0.4) is 0 Å². The second-order valence-corrected chi connectivity index (χ2v) is 10.2. The Morgan fingerprint density at radius 1 is 0.743 bits per heavy atom. The lowest BCUT2D eigenvalue weighted by atomic mass is 10.3. The maximum atomic E-state index is 5.33. The topological polar surface area (TPSA) is 92.4 Å². The standard InChI is InChI=1S/C23H34N6O2S4/c1-30-20-6-3-8-24-18(20)16-34-14-12-28-22(32)26-10-5-11-27-23(33)29-13-15-35-17-19-21(31-2)7-4-9-25-19/h3-4,6-9H,5,10-17H2,1-2H3,(H2,26,28,32)(H2,27,29,33). The van der Waals surface area contributed by atoms with E-state index in [9.17, 15) is 0 Å². The van der Waals surface area contributed by atoms with Gasteiger partial charge in [-0.1, -0.05) is 0 Å². The molecular formula is C23H34N6O2S4. The normalized spacial score (nSPS) is 10.3. The average molecular weight is 555 g/mol. The number of nitrogens with one attached hydrogen (secondary N) is 4. The first kappa shape index (κ1) is 29.2. The Hall–Kier alpha value is -2.02. The first-order valence-corrected chi connectivity index (χ1v) is 14.4. The van der Waals surface area contributed by atoms with Crippen molar-refractivity contribution in [2.45, 2.75) is 17.9 Å². The summed E-state index contributed by atoms with van der Waals surface area (Å²) in [6.07, 6.45) is 4.48. The summed E-state index contributed by atoms with van der Waals surface area (Å²) < 4.78 is 10.6. The van der Waals surface area contributed by atoms with Gasteiger partial charge >= 0.3 is 0 Å². The quantitative estimate of drug-likeness (QED) is 0.182. The van der Waals surface area contributed by atoms with Crippen LogP contribution < -0.4 is 30.7 Å². The third-order valence-corrected chi connectivity index (χ3v) is 7.12. The van der Waals surface area contributed by atoms with E-state index in [0.717, 1.165) is 78.5 Å². The Morgan fingerprint density at radius 2 is 1.17 bits per heavy atom. The number of thioether (sulfide) groups is 2. The number of thiocarbonyl (C=S) groups is 2. The van der Waals surface area contributed by atoms with Crippen molar-refractivity contribution in [3.63, 3.8) is 0 Å². The monoisotopic (exact) mass is 554 g/mol. The van der Waals surface area contributed by atoms with Crippen molar-refractivity contribution in [1.29, 1.82) is 0 Å². The van der Waals surface area contributed by atoms with E-state index in [2.05, 4.69) is 31.2 Å². The molecule has 4 N–H and O–H groups in total. The molecule has 0 aliphatic rings. The van der Waals surface area contributed by atoms with Gasteiger partial charge in [0, 0.05) is 61.6 Å². The SMILES string of the molecule is COc1cccnc1CSCCNC(=S)NCCCNC(=S)NCCSCc1ncccc1OC. The first-order chi connectivity index (χ1) is 17.1. The van der Waals surface area contributed by atoms with E-state index in [1.165, 1.54) is 0 Å². The molecule has 0 aromatic carbocycles. The molecule has 2 aromatic rings. The number of aromatic nitrogens is 2. The van der Waals surface area contributed by atoms with Gasteiger partial charge in [0.1, 0.15) is 11.5 Å². The largest absolute Gasteiger partial charge is 0.495 e. The van der Waals surface area contributed by atoms with Crippen molar-refractivity contribution < 1.29 is 9.47 Å². The van der Waals surface area contributed by atoms with E-state index < -0.39 is 0 Å². The zero-order valence-electron chi connectivity index (χ0n) is 20.2. The summed E-state index contributed by atoms with van der Waals surface area (Å²) in [5, 5.41) is 14.2. The van der Waals surface area contributed by atoms with Gasteiger partial charge in [-0.25, -0.2) is 0 Å². The van der Waals surface area contributed by atoms with Crippen LogP contribution >= 0.6 is 48.0 Å². The van der Waals surface area contributed by atoms with Gasteiger partial charge in [-0.3, -0.25) is 9.97 Å². The summed E-state index contributed by atoms with van der Waals surface area (Å²) >= 11 is 14.2. The molecule has 0 saturated carbocycles. The number of hydrogen-bond acceptors (Lipinski definition) is 8. The molecule has 35 heavy (non-hydrogen) atoms. The van der Waals surface area contributed by atoms with Crippen molar-refractivity contribution in [2.24, 2.45) is 0 Å². The summed E-state index contributed by atoms with van der Waals surface area (Å²) in [7, 11) is 3.33. The molecule has 8 nitrogen and oxygen atoms in total. The fourth-order valence-corrected chi connectivity index (χ4v) is 4.87. The second-order valence-electron chi connectivity index (χ2n) is 7.13. The predicted octanol–water partition coefficient (Wildman–Crippen LogP) is 2.98. The minimum Gasteiger partial charge on any atom is -0.495 e. The summed E-state index contributed by atoms with van der Waals surface area (Å²) in [6.45, 7) is 3.15. The van der Waals surface area contributed by atoms with Crippen LogP contribution in [-0.4, -0.2) is 72.1 Å². The Labute approximate surface area is 227 Å². The summed E-state index contributed by atoms with van der Waals surface area (Å²) in [5.74, 6) is 5.13. The van der Waals surface area contributed by atoms with Gasteiger partial charge < -0.3 is 30.7 Å². The summed E-state index contributed by atoms with van der Waals surface area (Å²) in [4.78, 5) is 8.73. The molecule has 2 aromatic heterocycles. The van der Waals surface area contributed by atoms with Gasteiger partial charge in [-0.05, 0) is 55.1 Å². The highest BCUT2D eigenvalue weighted by molar-refractivity contribution is 7.98. The van der Waals surface area contributed by atoms with Gasteiger partial charge in [-0.2, -0.15) is 23.5 Å². The molecule has 2 heterocycles. The van der Waals surface area contributed by atoms with E-state index >= 15 is 0 Å². The van der Waals surface area contributed by atoms with Gasteiger partial charge in [0.05, 0.1) is 25.6 Å². The average Bonchev–Trinajstić information content (AvgIpc) is 2.88. The molecular weight excluding hydrogens is 521 g/mol. The fourth-order valence-electron chi connectivity index (χ4n) is 2.86. The zero-order valence-corrected chi connectivity index (χ0v) is 23.4. The number of hydrogen-bond donors (Lipinski definition) is 4. The fraction of sp³-hybridized carbons (Fsp3) is 0.478. The van der Waals surface area contributed by atoms with Gasteiger partial charge in [-0.15, -0.1) is 0 Å². The molecule has 0 fully saturated rings. The molecule has 0 amide bonds. The van der Waals surface area contributed by atoms with Crippen molar-refractivity contribution in [2.75, 3.05) is 51.9 Å².